The first-order valence-electron chi connectivity index (χ1n) is 9.92. The van der Waals surface area contributed by atoms with Crippen LogP contribution in [0.2, 0.25) is 0 Å². The van der Waals surface area contributed by atoms with Gasteiger partial charge in [-0.25, -0.2) is 9.97 Å². The van der Waals surface area contributed by atoms with Crippen molar-refractivity contribution in [3.05, 3.63) is 46.9 Å². The molecule has 4 heterocycles. The molecule has 0 amide bonds. The highest BCUT2D eigenvalue weighted by atomic mass is 32.1. The molecule has 1 fully saturated rings. The number of benzene rings is 1. The predicted octanol–water partition coefficient (Wildman–Crippen LogP) is 6.24. The Hall–Kier alpha value is -2.02. The van der Waals surface area contributed by atoms with Crippen molar-refractivity contribution in [1.82, 2.24) is 14.9 Å². The minimum atomic E-state index is 0.613. The van der Waals surface area contributed by atoms with Crippen molar-refractivity contribution < 1.29 is 0 Å². The summed E-state index contributed by atoms with van der Waals surface area (Å²) in [7, 11) is 2.27. The number of likely N-dealkylation sites (tertiary alicyclic amines) is 1. The van der Waals surface area contributed by atoms with Crippen LogP contribution in [-0.4, -0.2) is 34.5 Å². The lowest BCUT2D eigenvalue weighted by Crippen LogP contribution is -2.40. The molecule has 6 heteroatoms. The summed E-state index contributed by atoms with van der Waals surface area (Å²) in [5, 5.41) is 4.83. The molecule has 2 atom stereocenters. The van der Waals surface area contributed by atoms with Gasteiger partial charge in [-0.1, -0.05) is 6.92 Å². The first-order valence-corrected chi connectivity index (χ1v) is 11.6. The highest BCUT2D eigenvalue weighted by molar-refractivity contribution is 7.18. The van der Waals surface area contributed by atoms with E-state index in [-0.39, 0.29) is 0 Å². The molecule has 0 spiro atoms. The number of hydrogen-bond donors (Lipinski definition) is 1. The number of anilines is 2. The van der Waals surface area contributed by atoms with Gasteiger partial charge in [0.25, 0.3) is 0 Å². The zero-order valence-electron chi connectivity index (χ0n) is 16.2. The van der Waals surface area contributed by atoms with Gasteiger partial charge in [0.1, 0.15) is 4.83 Å². The Morgan fingerprint density at radius 2 is 2.14 bits per heavy atom. The minimum absolute atomic E-state index is 0.613. The Kier molecular flexibility index (Phi) is 4.78. The third-order valence-electron chi connectivity index (χ3n) is 5.90. The average molecular weight is 409 g/mol. The molecule has 1 N–H and O–H groups in total. The van der Waals surface area contributed by atoms with Gasteiger partial charge in [0.2, 0.25) is 0 Å². The Morgan fingerprint density at radius 1 is 1.21 bits per heavy atom. The van der Waals surface area contributed by atoms with E-state index in [0.717, 1.165) is 21.7 Å². The maximum atomic E-state index is 4.66. The molecule has 0 radical (unpaired) electrons. The lowest BCUT2D eigenvalue weighted by atomic mass is 9.86. The summed E-state index contributed by atoms with van der Waals surface area (Å²) in [5.74, 6) is 0.613. The van der Waals surface area contributed by atoms with E-state index in [2.05, 4.69) is 64.5 Å². The van der Waals surface area contributed by atoms with Crippen molar-refractivity contribution in [1.29, 1.82) is 0 Å². The summed E-state index contributed by atoms with van der Waals surface area (Å²) < 4.78 is 1.22. The van der Waals surface area contributed by atoms with Gasteiger partial charge in [-0.15, -0.1) is 22.7 Å². The number of thiazole rings is 1. The monoisotopic (exact) mass is 408 g/mol. The maximum absolute atomic E-state index is 4.66. The van der Waals surface area contributed by atoms with Crippen molar-refractivity contribution in [2.24, 2.45) is 0 Å². The fourth-order valence-corrected chi connectivity index (χ4v) is 6.37. The zero-order chi connectivity index (χ0) is 19.1. The van der Waals surface area contributed by atoms with Crippen LogP contribution in [0, 0.1) is 0 Å². The Bertz CT molecular complexity index is 1120. The van der Waals surface area contributed by atoms with Gasteiger partial charge in [-0.2, -0.15) is 0 Å². The lowest BCUT2D eigenvalue weighted by Gasteiger charge is -2.38. The molecule has 144 valence electrons. The highest BCUT2D eigenvalue weighted by Crippen LogP contribution is 2.41. The number of rotatable bonds is 4. The predicted molar refractivity (Wildman–Crippen MR) is 121 cm³/mol. The molecule has 1 saturated heterocycles. The number of fused-ring (bicyclic) bond motifs is 2. The molecule has 28 heavy (non-hydrogen) atoms. The molecular formula is C22H24N4S2. The smallest absolute Gasteiger partial charge is 0.125 e. The number of piperidine rings is 1. The van der Waals surface area contributed by atoms with Gasteiger partial charge in [-0.3, -0.25) is 0 Å². The third kappa shape index (κ3) is 3.19. The van der Waals surface area contributed by atoms with Gasteiger partial charge < -0.3 is 10.2 Å². The van der Waals surface area contributed by atoms with Crippen LogP contribution in [0.25, 0.3) is 20.4 Å². The van der Waals surface area contributed by atoms with E-state index < -0.39 is 0 Å². The van der Waals surface area contributed by atoms with E-state index in [1.54, 1.807) is 11.3 Å². The topological polar surface area (TPSA) is 41.1 Å². The molecule has 4 aromatic rings. The number of nitrogens with zero attached hydrogens (tertiary/aromatic N) is 3. The van der Waals surface area contributed by atoms with Crippen molar-refractivity contribution in [3.8, 4) is 0 Å². The molecule has 0 aliphatic carbocycles. The molecule has 5 rings (SSSR count). The first kappa shape index (κ1) is 18.0. The number of aromatic nitrogens is 2. The average Bonchev–Trinajstić information content (AvgIpc) is 3.34. The van der Waals surface area contributed by atoms with Crippen LogP contribution in [0.5, 0.6) is 0 Å². The quantitative estimate of drug-likeness (QED) is 0.434. The van der Waals surface area contributed by atoms with Crippen molar-refractivity contribution in [3.63, 3.8) is 0 Å². The molecular weight excluding hydrogens is 384 g/mol. The molecule has 1 aliphatic heterocycles. The summed E-state index contributed by atoms with van der Waals surface area (Å²) in [6.07, 6.45) is 5.66. The highest BCUT2D eigenvalue weighted by Gasteiger charge is 2.30. The lowest BCUT2D eigenvalue weighted by molar-refractivity contribution is 0.157. The molecule has 3 aromatic heterocycles. The van der Waals surface area contributed by atoms with Gasteiger partial charge >= 0.3 is 0 Å². The molecule has 1 aliphatic rings. The van der Waals surface area contributed by atoms with E-state index in [1.807, 2.05) is 23.0 Å². The fraction of sp³-hybridized carbons (Fsp3) is 0.364. The second-order valence-corrected chi connectivity index (χ2v) is 9.54. The number of hydrogen-bond acceptors (Lipinski definition) is 6. The fourth-order valence-electron chi connectivity index (χ4n) is 4.50. The maximum Gasteiger partial charge on any atom is 0.125 e. The second-order valence-electron chi connectivity index (χ2n) is 7.59. The largest absolute Gasteiger partial charge is 0.355 e. The first-order chi connectivity index (χ1) is 13.7. The normalized spacial score (nSPS) is 20.8. The van der Waals surface area contributed by atoms with Crippen LogP contribution < -0.4 is 5.32 Å². The van der Waals surface area contributed by atoms with Gasteiger partial charge in [0.05, 0.1) is 21.4 Å². The van der Waals surface area contributed by atoms with Crippen molar-refractivity contribution in [2.75, 3.05) is 18.9 Å². The Balaban J connectivity index is 1.50. The Labute approximate surface area is 173 Å². The van der Waals surface area contributed by atoms with E-state index in [9.17, 15) is 0 Å². The van der Waals surface area contributed by atoms with E-state index in [0.29, 0.717) is 12.0 Å². The molecule has 0 saturated carbocycles. The number of pyridine rings is 1. The van der Waals surface area contributed by atoms with Crippen LogP contribution in [-0.2, 0) is 0 Å². The third-order valence-corrected chi connectivity index (χ3v) is 7.89. The van der Waals surface area contributed by atoms with E-state index >= 15 is 0 Å². The second kappa shape index (κ2) is 7.43. The van der Waals surface area contributed by atoms with E-state index in [4.69, 9.17) is 0 Å². The van der Waals surface area contributed by atoms with Gasteiger partial charge in [0.15, 0.2) is 0 Å². The van der Waals surface area contributed by atoms with Crippen LogP contribution in [0.3, 0.4) is 0 Å². The SMILES string of the molecule is CC[C@@H]1[C@H](c2cc3c(Nc4ccc5scnc5c4)ccnc3s2)CCCN1C. The standard InChI is InChI=1S/C22H24N4S2/c1-3-19-15(5-4-10-26(19)2)21-12-16-17(8-9-23-22(16)28-21)25-14-6-7-20-18(11-14)24-13-27-20/h6-9,11-13,15,19H,3-5,10H2,1-2H3,(H,23,25)/t15-,19-/m1/s1. The van der Waals surface area contributed by atoms with Crippen LogP contribution >= 0.6 is 22.7 Å². The summed E-state index contributed by atoms with van der Waals surface area (Å²) in [6, 6.07) is 11.5. The summed E-state index contributed by atoms with van der Waals surface area (Å²) in [5.41, 5.74) is 5.14. The number of thiophene rings is 1. The molecule has 0 unspecified atom stereocenters. The Morgan fingerprint density at radius 3 is 3.04 bits per heavy atom. The van der Waals surface area contributed by atoms with Gasteiger partial charge in [-0.05, 0) is 63.2 Å². The molecule has 1 aromatic carbocycles. The van der Waals surface area contributed by atoms with E-state index in [1.165, 1.54) is 40.8 Å². The van der Waals surface area contributed by atoms with Gasteiger partial charge in [0, 0.05) is 34.1 Å². The van der Waals surface area contributed by atoms with Crippen LogP contribution in [0.15, 0.2) is 42.0 Å². The number of likely N-dealkylation sites (N-methyl/N-ethyl adjacent to an activating group) is 1. The van der Waals surface area contributed by atoms with Crippen molar-refractivity contribution >= 4 is 54.5 Å². The summed E-state index contributed by atoms with van der Waals surface area (Å²) in [6.45, 7) is 3.52. The summed E-state index contributed by atoms with van der Waals surface area (Å²) in [4.78, 5) is 14.2. The minimum Gasteiger partial charge on any atom is -0.355 e. The van der Waals surface area contributed by atoms with Crippen LogP contribution in [0.4, 0.5) is 11.4 Å². The van der Waals surface area contributed by atoms with Crippen LogP contribution in [0.1, 0.15) is 37.0 Å². The summed E-state index contributed by atoms with van der Waals surface area (Å²) >= 11 is 3.54. The zero-order valence-corrected chi connectivity index (χ0v) is 17.8. The molecule has 0 bridgehead atoms. The number of nitrogens with one attached hydrogen (secondary N) is 1. The van der Waals surface area contributed by atoms with Crippen molar-refractivity contribution in [2.45, 2.75) is 38.1 Å². The molecule has 4 nitrogen and oxygen atoms in total.